The summed E-state index contributed by atoms with van der Waals surface area (Å²) < 4.78 is 0. The summed E-state index contributed by atoms with van der Waals surface area (Å²) in [6, 6.07) is 17.8. The number of amides is 2. The van der Waals surface area contributed by atoms with Gasteiger partial charge in [-0.1, -0.05) is 82.1 Å². The Morgan fingerprint density at radius 1 is 0.867 bits per heavy atom. The first-order chi connectivity index (χ1) is 21.5. The summed E-state index contributed by atoms with van der Waals surface area (Å²) in [5, 5.41) is 14.6. The van der Waals surface area contributed by atoms with E-state index >= 15 is 0 Å². The highest BCUT2D eigenvalue weighted by atomic mass is 32.1. The van der Waals surface area contributed by atoms with Crippen molar-refractivity contribution in [1.82, 2.24) is 20.6 Å². The average molecular weight is 625 g/mol. The van der Waals surface area contributed by atoms with E-state index in [-0.39, 0.29) is 17.7 Å². The van der Waals surface area contributed by atoms with Gasteiger partial charge < -0.3 is 15.7 Å². The number of hydrogen-bond acceptors (Lipinski definition) is 6. The molecule has 1 saturated carbocycles. The third kappa shape index (κ3) is 8.02. The molecule has 9 heteroatoms. The summed E-state index contributed by atoms with van der Waals surface area (Å²) >= 11 is 1.38. The predicted molar refractivity (Wildman–Crippen MR) is 177 cm³/mol. The van der Waals surface area contributed by atoms with Crippen LogP contribution in [0.2, 0.25) is 0 Å². The Balaban J connectivity index is 1.27. The molecule has 1 fully saturated rings. The first kappa shape index (κ1) is 32.0. The maximum atomic E-state index is 13.1. The van der Waals surface area contributed by atoms with Gasteiger partial charge in [-0.3, -0.25) is 14.4 Å². The van der Waals surface area contributed by atoms with Gasteiger partial charge in [0.05, 0.1) is 4.88 Å². The van der Waals surface area contributed by atoms with E-state index in [0.29, 0.717) is 16.6 Å². The summed E-state index contributed by atoms with van der Waals surface area (Å²) in [6.45, 7) is 7.60. The van der Waals surface area contributed by atoms with Crippen LogP contribution < -0.4 is 10.6 Å². The van der Waals surface area contributed by atoms with E-state index in [1.807, 2.05) is 42.7 Å². The van der Waals surface area contributed by atoms with Gasteiger partial charge in [0.2, 0.25) is 5.91 Å². The van der Waals surface area contributed by atoms with Gasteiger partial charge in [0.15, 0.2) is 5.82 Å². The van der Waals surface area contributed by atoms with Crippen LogP contribution in [-0.2, 0) is 21.4 Å². The Labute approximate surface area is 268 Å². The van der Waals surface area contributed by atoms with Crippen molar-refractivity contribution in [3.05, 3.63) is 93.9 Å². The molecule has 2 unspecified atom stereocenters. The highest BCUT2D eigenvalue weighted by Crippen LogP contribution is 2.35. The molecule has 2 amide bonds. The third-order valence-corrected chi connectivity index (χ3v) is 9.80. The number of thiophene rings is 1. The highest BCUT2D eigenvalue weighted by molar-refractivity contribution is 7.14. The lowest BCUT2D eigenvalue weighted by Gasteiger charge is -2.20. The molecule has 0 bridgehead atoms. The van der Waals surface area contributed by atoms with Gasteiger partial charge in [0.1, 0.15) is 12.1 Å². The zero-order valence-corrected chi connectivity index (χ0v) is 27.0. The van der Waals surface area contributed by atoms with Gasteiger partial charge in [0.25, 0.3) is 5.91 Å². The van der Waals surface area contributed by atoms with Gasteiger partial charge in [-0.05, 0) is 59.9 Å². The summed E-state index contributed by atoms with van der Waals surface area (Å²) in [4.78, 5) is 48.4. The monoisotopic (exact) mass is 624 g/mol. The van der Waals surface area contributed by atoms with Crippen LogP contribution in [0, 0.1) is 0 Å². The molecule has 0 aliphatic heterocycles. The van der Waals surface area contributed by atoms with E-state index in [0.717, 1.165) is 27.1 Å². The van der Waals surface area contributed by atoms with Crippen LogP contribution in [0.3, 0.4) is 0 Å². The molecule has 8 nitrogen and oxygen atoms in total. The van der Waals surface area contributed by atoms with E-state index in [9.17, 15) is 19.5 Å². The molecule has 5 rings (SSSR count). The normalized spacial score (nSPS) is 14.9. The molecule has 234 valence electrons. The quantitative estimate of drug-likeness (QED) is 0.179. The second kappa shape index (κ2) is 13.7. The average Bonchev–Trinajstić information content (AvgIpc) is 3.75. The minimum Gasteiger partial charge on any atom is -0.480 e. The number of aromatic nitrogens is 2. The van der Waals surface area contributed by atoms with Crippen LogP contribution >= 0.6 is 11.3 Å². The van der Waals surface area contributed by atoms with E-state index in [4.69, 9.17) is 0 Å². The molecule has 4 aromatic rings. The number of nitrogens with one attached hydrogen (secondary N) is 2. The Morgan fingerprint density at radius 2 is 1.49 bits per heavy atom. The maximum Gasteiger partial charge on any atom is 0.325 e. The maximum absolute atomic E-state index is 13.1. The molecule has 1 aliphatic rings. The minimum atomic E-state index is -1.15. The van der Waals surface area contributed by atoms with Crippen LogP contribution in [-0.4, -0.2) is 44.9 Å². The smallest absolute Gasteiger partial charge is 0.325 e. The molecule has 0 radical (unpaired) electrons. The third-order valence-electron chi connectivity index (χ3n) is 8.29. The fourth-order valence-electron chi connectivity index (χ4n) is 5.54. The number of hydrogen-bond donors (Lipinski definition) is 3. The lowest BCUT2D eigenvalue weighted by molar-refractivity contribution is -0.141. The van der Waals surface area contributed by atoms with E-state index in [2.05, 4.69) is 65.6 Å². The van der Waals surface area contributed by atoms with E-state index < -0.39 is 24.0 Å². The predicted octanol–water partition coefficient (Wildman–Crippen LogP) is 6.76. The molecular formula is C36H40N4O4S. The second-order valence-electron chi connectivity index (χ2n) is 12.8. The summed E-state index contributed by atoms with van der Waals surface area (Å²) in [7, 11) is 0. The number of nitrogens with zero attached hydrogens (tertiary/aromatic N) is 2. The molecule has 0 spiro atoms. The topological polar surface area (TPSA) is 121 Å². The number of aliphatic carboxylic acids is 1. The molecule has 1 aliphatic carbocycles. The fourth-order valence-corrected chi connectivity index (χ4v) is 6.50. The van der Waals surface area contributed by atoms with Crippen molar-refractivity contribution < 1.29 is 19.5 Å². The zero-order valence-electron chi connectivity index (χ0n) is 26.2. The first-order valence-electron chi connectivity index (χ1n) is 15.4. The first-order valence-corrected chi connectivity index (χ1v) is 16.3. The molecule has 2 aromatic heterocycles. The minimum absolute atomic E-state index is 0.108. The number of benzene rings is 2. The number of rotatable bonds is 10. The largest absolute Gasteiger partial charge is 0.480 e. The summed E-state index contributed by atoms with van der Waals surface area (Å²) in [5.41, 5.74) is 4.95. The van der Waals surface area contributed by atoms with Gasteiger partial charge in [-0.25, -0.2) is 9.97 Å². The van der Waals surface area contributed by atoms with Crippen molar-refractivity contribution >= 4 is 29.1 Å². The molecule has 2 atom stereocenters. The zero-order chi connectivity index (χ0) is 32.1. The van der Waals surface area contributed by atoms with Crippen molar-refractivity contribution in [2.75, 3.05) is 0 Å². The van der Waals surface area contributed by atoms with E-state index in [1.165, 1.54) is 49.5 Å². The van der Waals surface area contributed by atoms with Crippen molar-refractivity contribution in [2.45, 2.75) is 83.2 Å². The summed E-state index contributed by atoms with van der Waals surface area (Å²) in [6.07, 6.45) is 9.01. The van der Waals surface area contributed by atoms with Gasteiger partial charge in [0, 0.05) is 34.8 Å². The summed E-state index contributed by atoms with van der Waals surface area (Å²) in [5.74, 6) is -0.837. The van der Waals surface area contributed by atoms with Gasteiger partial charge >= 0.3 is 5.97 Å². The van der Waals surface area contributed by atoms with Crippen LogP contribution in [0.4, 0.5) is 0 Å². The highest BCUT2D eigenvalue weighted by Gasteiger charge is 2.26. The van der Waals surface area contributed by atoms with Crippen LogP contribution in [0.25, 0.3) is 22.5 Å². The Hall–Kier alpha value is -4.37. The fraction of sp³-hybridized carbons (Fsp3) is 0.361. The van der Waals surface area contributed by atoms with Crippen molar-refractivity contribution in [1.29, 1.82) is 0 Å². The van der Waals surface area contributed by atoms with Crippen LogP contribution in [0.15, 0.2) is 73.1 Å². The standard InChI is InChI=1S/C36H40N4O4S/c1-22(35(43)44)39-33(41)29(40-34(42)30-17-18-31(45-30)36(2,3)4)19-23-9-11-27(12-10-23)32-37-20-28(21-38-32)26-15-13-25(14-16-26)24-7-5-6-8-24/h9-18,20-22,24,29H,5-8,19H2,1-4H3,(H,39,41)(H,40,42)(H,43,44). The second-order valence-corrected chi connectivity index (χ2v) is 13.9. The number of carbonyl (C=O) groups is 3. The van der Waals surface area contributed by atoms with Crippen molar-refractivity contribution in [3.63, 3.8) is 0 Å². The molecule has 45 heavy (non-hydrogen) atoms. The van der Waals surface area contributed by atoms with Gasteiger partial charge in [-0.2, -0.15) is 0 Å². The number of carboxylic acid groups (broad SMARTS) is 1. The molecular weight excluding hydrogens is 584 g/mol. The van der Waals surface area contributed by atoms with Crippen LogP contribution in [0.5, 0.6) is 0 Å². The molecule has 0 saturated heterocycles. The van der Waals surface area contributed by atoms with Crippen LogP contribution in [0.1, 0.15) is 85.0 Å². The van der Waals surface area contributed by atoms with Crippen molar-refractivity contribution in [3.8, 4) is 22.5 Å². The van der Waals surface area contributed by atoms with E-state index in [1.54, 1.807) is 6.07 Å². The molecule has 2 heterocycles. The van der Waals surface area contributed by atoms with Gasteiger partial charge in [-0.15, -0.1) is 11.3 Å². The Kier molecular flexibility index (Phi) is 9.77. The Bertz CT molecular complexity index is 1630. The lowest BCUT2D eigenvalue weighted by Crippen LogP contribution is -2.51. The molecule has 2 aromatic carbocycles. The number of carboxylic acids is 1. The molecule has 3 N–H and O–H groups in total. The SMILES string of the molecule is CC(NC(=O)C(Cc1ccc(-c2ncc(-c3ccc(C4CCCC4)cc3)cn2)cc1)NC(=O)c1ccc(C(C)(C)C)s1)C(=O)O. The lowest BCUT2D eigenvalue weighted by atomic mass is 9.95. The Morgan fingerprint density at radius 3 is 2.07 bits per heavy atom. The van der Waals surface area contributed by atoms with Crippen molar-refractivity contribution in [2.24, 2.45) is 0 Å². The number of carbonyl (C=O) groups excluding carboxylic acids is 2.